The minimum Gasteiger partial charge on any atom is -0.368 e. The highest BCUT2D eigenvalue weighted by atomic mass is 16.2. The van der Waals surface area contributed by atoms with Gasteiger partial charge in [-0.3, -0.25) is 14.5 Å². The molecule has 1 unspecified atom stereocenters. The SMILES string of the molecule is CN(C)c1ncnc2c1CN(CC(=O)N1CCCCC1C(N)=O)CC2. The number of piperidine rings is 1. The average molecular weight is 346 g/mol. The van der Waals surface area contributed by atoms with Crippen molar-refractivity contribution in [3.8, 4) is 0 Å². The quantitative estimate of drug-likeness (QED) is 0.809. The fourth-order valence-corrected chi connectivity index (χ4v) is 3.71. The first-order chi connectivity index (χ1) is 12.0. The van der Waals surface area contributed by atoms with Crippen molar-refractivity contribution in [1.29, 1.82) is 0 Å². The number of amides is 2. The maximum absolute atomic E-state index is 12.7. The molecule has 8 heteroatoms. The first-order valence-electron chi connectivity index (χ1n) is 8.78. The summed E-state index contributed by atoms with van der Waals surface area (Å²) in [6, 6.07) is -0.459. The third kappa shape index (κ3) is 3.73. The molecule has 1 aromatic rings. The molecule has 0 saturated carbocycles. The van der Waals surface area contributed by atoms with E-state index in [1.54, 1.807) is 11.2 Å². The molecule has 3 rings (SSSR count). The summed E-state index contributed by atoms with van der Waals surface area (Å²) >= 11 is 0. The molecule has 1 atom stereocenters. The Morgan fingerprint density at radius 1 is 1.28 bits per heavy atom. The number of likely N-dealkylation sites (tertiary alicyclic amines) is 1. The van der Waals surface area contributed by atoms with E-state index < -0.39 is 11.9 Å². The first kappa shape index (κ1) is 17.6. The molecule has 2 amide bonds. The summed E-state index contributed by atoms with van der Waals surface area (Å²) in [6.45, 7) is 2.33. The lowest BCUT2D eigenvalue weighted by molar-refractivity contribution is -0.142. The monoisotopic (exact) mass is 346 g/mol. The fourth-order valence-electron chi connectivity index (χ4n) is 3.71. The predicted octanol–water partition coefficient (Wildman–Crippen LogP) is -0.233. The van der Waals surface area contributed by atoms with Crippen LogP contribution in [0.1, 0.15) is 30.5 Å². The van der Waals surface area contributed by atoms with Gasteiger partial charge >= 0.3 is 0 Å². The van der Waals surface area contributed by atoms with Crippen LogP contribution in [0.4, 0.5) is 5.82 Å². The molecule has 3 heterocycles. The van der Waals surface area contributed by atoms with Gasteiger partial charge in [-0.25, -0.2) is 9.97 Å². The van der Waals surface area contributed by atoms with Gasteiger partial charge in [-0.1, -0.05) is 0 Å². The van der Waals surface area contributed by atoms with Crippen molar-refractivity contribution >= 4 is 17.6 Å². The summed E-state index contributed by atoms with van der Waals surface area (Å²) in [4.78, 5) is 38.9. The van der Waals surface area contributed by atoms with Crippen LogP contribution in [-0.2, 0) is 22.6 Å². The Bertz CT molecular complexity index is 663. The molecular weight excluding hydrogens is 320 g/mol. The number of aromatic nitrogens is 2. The van der Waals surface area contributed by atoms with Gasteiger partial charge in [-0.15, -0.1) is 0 Å². The highest BCUT2D eigenvalue weighted by molar-refractivity contribution is 5.87. The largest absolute Gasteiger partial charge is 0.368 e. The molecule has 0 aliphatic carbocycles. The van der Waals surface area contributed by atoms with Crippen LogP contribution >= 0.6 is 0 Å². The molecule has 1 saturated heterocycles. The van der Waals surface area contributed by atoms with Crippen molar-refractivity contribution in [1.82, 2.24) is 19.8 Å². The molecule has 0 spiro atoms. The van der Waals surface area contributed by atoms with Crippen LogP contribution in [0.15, 0.2) is 6.33 Å². The molecular formula is C17H26N6O2. The number of carbonyl (C=O) groups excluding carboxylic acids is 2. The molecule has 136 valence electrons. The Kier molecular flexibility index (Phi) is 5.17. The summed E-state index contributed by atoms with van der Waals surface area (Å²) in [5.74, 6) is 0.477. The van der Waals surface area contributed by atoms with Gasteiger partial charge in [0.05, 0.1) is 12.2 Å². The summed E-state index contributed by atoms with van der Waals surface area (Å²) in [7, 11) is 3.91. The lowest BCUT2D eigenvalue weighted by atomic mass is 10.0. The molecule has 1 fully saturated rings. The van der Waals surface area contributed by atoms with E-state index in [9.17, 15) is 9.59 Å². The van der Waals surface area contributed by atoms with E-state index in [0.717, 1.165) is 42.9 Å². The van der Waals surface area contributed by atoms with E-state index in [1.807, 2.05) is 19.0 Å². The van der Waals surface area contributed by atoms with Crippen LogP contribution in [-0.4, -0.2) is 71.4 Å². The zero-order valence-electron chi connectivity index (χ0n) is 14.9. The molecule has 8 nitrogen and oxygen atoms in total. The minimum absolute atomic E-state index is 0.0183. The van der Waals surface area contributed by atoms with Crippen molar-refractivity contribution in [2.75, 3.05) is 38.6 Å². The zero-order chi connectivity index (χ0) is 18.0. The van der Waals surface area contributed by atoms with Crippen molar-refractivity contribution in [2.24, 2.45) is 5.73 Å². The number of hydrogen-bond acceptors (Lipinski definition) is 6. The molecule has 0 aromatic carbocycles. The molecule has 2 N–H and O–H groups in total. The highest BCUT2D eigenvalue weighted by Gasteiger charge is 2.32. The lowest BCUT2D eigenvalue weighted by Gasteiger charge is -2.36. The zero-order valence-corrected chi connectivity index (χ0v) is 14.9. The average Bonchev–Trinajstić information content (AvgIpc) is 2.60. The van der Waals surface area contributed by atoms with E-state index >= 15 is 0 Å². The Labute approximate surface area is 148 Å². The Morgan fingerprint density at radius 2 is 2.08 bits per heavy atom. The van der Waals surface area contributed by atoms with Gasteiger partial charge in [-0.05, 0) is 19.3 Å². The van der Waals surface area contributed by atoms with Gasteiger partial charge in [0.25, 0.3) is 0 Å². The van der Waals surface area contributed by atoms with Gasteiger partial charge < -0.3 is 15.5 Å². The molecule has 0 bridgehead atoms. The number of nitrogens with two attached hydrogens (primary N) is 1. The topological polar surface area (TPSA) is 95.7 Å². The Balaban J connectivity index is 1.70. The van der Waals surface area contributed by atoms with Gasteiger partial charge in [0.1, 0.15) is 18.2 Å². The van der Waals surface area contributed by atoms with Crippen LogP contribution in [0.3, 0.4) is 0 Å². The van der Waals surface area contributed by atoms with Gasteiger partial charge in [0, 0.05) is 45.7 Å². The van der Waals surface area contributed by atoms with E-state index in [-0.39, 0.29) is 5.91 Å². The normalized spacial score (nSPS) is 20.9. The third-order valence-electron chi connectivity index (χ3n) is 4.99. The number of hydrogen-bond donors (Lipinski definition) is 1. The van der Waals surface area contributed by atoms with Gasteiger partial charge in [0.2, 0.25) is 11.8 Å². The van der Waals surface area contributed by atoms with Crippen LogP contribution < -0.4 is 10.6 Å². The van der Waals surface area contributed by atoms with Gasteiger partial charge in [0.15, 0.2) is 0 Å². The standard InChI is InChI=1S/C17H26N6O2/c1-21(2)17-12-9-22(8-6-13(12)19-11-20-17)10-15(24)23-7-4-3-5-14(23)16(18)25/h11,14H,3-10H2,1-2H3,(H2,18,25). The van der Waals surface area contributed by atoms with E-state index in [4.69, 9.17) is 5.73 Å². The van der Waals surface area contributed by atoms with Crippen LogP contribution in [0.25, 0.3) is 0 Å². The number of nitrogens with zero attached hydrogens (tertiary/aromatic N) is 5. The second-order valence-corrected chi connectivity index (χ2v) is 6.98. The van der Waals surface area contributed by atoms with E-state index in [1.165, 1.54) is 0 Å². The third-order valence-corrected chi connectivity index (χ3v) is 4.99. The van der Waals surface area contributed by atoms with Crippen LogP contribution in [0.2, 0.25) is 0 Å². The number of anilines is 1. The maximum atomic E-state index is 12.7. The predicted molar refractivity (Wildman–Crippen MR) is 93.9 cm³/mol. The number of fused-ring (bicyclic) bond motifs is 1. The summed E-state index contributed by atoms with van der Waals surface area (Å²) in [6.07, 6.45) is 4.93. The second kappa shape index (κ2) is 7.35. The van der Waals surface area contributed by atoms with Crippen LogP contribution in [0.5, 0.6) is 0 Å². The number of rotatable bonds is 4. The molecule has 2 aliphatic rings. The molecule has 2 aliphatic heterocycles. The highest BCUT2D eigenvalue weighted by Crippen LogP contribution is 2.25. The number of carbonyl (C=O) groups is 2. The van der Waals surface area contributed by atoms with Crippen molar-refractivity contribution in [2.45, 2.75) is 38.3 Å². The van der Waals surface area contributed by atoms with Crippen molar-refractivity contribution in [3.05, 3.63) is 17.6 Å². The van der Waals surface area contributed by atoms with Crippen molar-refractivity contribution in [3.63, 3.8) is 0 Å². The summed E-state index contributed by atoms with van der Waals surface area (Å²) in [5.41, 5.74) is 7.61. The Hall–Kier alpha value is -2.22. The molecule has 0 radical (unpaired) electrons. The van der Waals surface area contributed by atoms with E-state index in [2.05, 4.69) is 14.9 Å². The molecule has 1 aromatic heterocycles. The summed E-state index contributed by atoms with van der Waals surface area (Å²) < 4.78 is 0. The van der Waals surface area contributed by atoms with Crippen molar-refractivity contribution < 1.29 is 9.59 Å². The Morgan fingerprint density at radius 3 is 2.80 bits per heavy atom. The van der Waals surface area contributed by atoms with E-state index in [0.29, 0.717) is 26.1 Å². The number of primary amides is 1. The minimum atomic E-state index is -0.459. The smallest absolute Gasteiger partial charge is 0.240 e. The van der Waals surface area contributed by atoms with Gasteiger partial charge in [-0.2, -0.15) is 0 Å². The maximum Gasteiger partial charge on any atom is 0.240 e. The lowest BCUT2D eigenvalue weighted by Crippen LogP contribution is -2.53. The van der Waals surface area contributed by atoms with Crippen LogP contribution in [0, 0.1) is 0 Å². The first-order valence-corrected chi connectivity index (χ1v) is 8.78. The second-order valence-electron chi connectivity index (χ2n) is 6.98. The fraction of sp³-hybridized carbons (Fsp3) is 0.647. The summed E-state index contributed by atoms with van der Waals surface area (Å²) in [5, 5.41) is 0. The molecule has 25 heavy (non-hydrogen) atoms.